The fraction of sp³-hybridized carbons (Fsp3) is 0.0625. The van der Waals surface area contributed by atoms with Crippen LogP contribution in [-0.4, -0.2) is 16.1 Å². The highest BCUT2D eigenvalue weighted by Crippen LogP contribution is 2.34. The number of fused-ring (bicyclic) bond motifs is 1. The first-order valence-electron chi connectivity index (χ1n) is 6.18. The van der Waals surface area contributed by atoms with E-state index >= 15 is 0 Å². The van der Waals surface area contributed by atoms with Gasteiger partial charge in [-0.1, -0.05) is 41.9 Å². The van der Waals surface area contributed by atoms with E-state index in [0.29, 0.717) is 10.4 Å². The highest BCUT2D eigenvalue weighted by molar-refractivity contribution is 6.32. The number of aromatic nitrogens is 1. The van der Waals surface area contributed by atoms with E-state index in [1.165, 1.54) is 0 Å². The van der Waals surface area contributed by atoms with Crippen molar-refractivity contribution in [2.24, 2.45) is 0 Å². The van der Waals surface area contributed by atoms with Gasteiger partial charge in [0, 0.05) is 15.8 Å². The number of aromatic amines is 1. The summed E-state index contributed by atoms with van der Waals surface area (Å²) < 4.78 is 0. The zero-order valence-corrected chi connectivity index (χ0v) is 11.5. The highest BCUT2D eigenvalue weighted by atomic mass is 35.5. The highest BCUT2D eigenvalue weighted by Gasteiger charge is 2.17. The van der Waals surface area contributed by atoms with Crippen LogP contribution in [-0.2, 0) is 0 Å². The maximum absolute atomic E-state index is 11.4. The quantitative estimate of drug-likeness (QED) is 0.728. The molecule has 1 heterocycles. The third-order valence-electron chi connectivity index (χ3n) is 3.36. The second kappa shape index (κ2) is 4.69. The van der Waals surface area contributed by atoms with Crippen LogP contribution in [0.5, 0.6) is 0 Å². The summed E-state index contributed by atoms with van der Waals surface area (Å²) in [6.07, 6.45) is 0. The van der Waals surface area contributed by atoms with Crippen molar-refractivity contribution >= 4 is 28.3 Å². The number of hydrogen-bond acceptors (Lipinski definition) is 1. The van der Waals surface area contributed by atoms with Crippen LogP contribution in [0.15, 0.2) is 42.5 Å². The summed E-state index contributed by atoms with van der Waals surface area (Å²) in [6.45, 7) is 1.86. The van der Waals surface area contributed by atoms with Crippen LogP contribution in [0.1, 0.15) is 16.1 Å². The summed E-state index contributed by atoms with van der Waals surface area (Å²) >= 11 is 6.17. The number of carboxylic acid groups (broad SMARTS) is 1. The molecule has 0 fully saturated rings. The first kappa shape index (κ1) is 12.8. The molecular formula is C16H12ClNO2. The van der Waals surface area contributed by atoms with Gasteiger partial charge in [0.05, 0.1) is 5.69 Å². The van der Waals surface area contributed by atoms with E-state index < -0.39 is 5.97 Å². The first-order chi connectivity index (χ1) is 9.58. The smallest absolute Gasteiger partial charge is 0.352 e. The fourth-order valence-corrected chi connectivity index (χ4v) is 2.52. The van der Waals surface area contributed by atoms with Gasteiger partial charge in [0.2, 0.25) is 0 Å². The molecular weight excluding hydrogens is 274 g/mol. The van der Waals surface area contributed by atoms with Crippen molar-refractivity contribution in [1.29, 1.82) is 0 Å². The molecule has 100 valence electrons. The van der Waals surface area contributed by atoms with Crippen LogP contribution in [0.4, 0.5) is 0 Å². The van der Waals surface area contributed by atoms with Crippen molar-refractivity contribution < 1.29 is 9.90 Å². The van der Waals surface area contributed by atoms with E-state index in [4.69, 9.17) is 11.6 Å². The molecule has 0 saturated carbocycles. The van der Waals surface area contributed by atoms with Gasteiger partial charge in [0.15, 0.2) is 0 Å². The molecule has 0 spiro atoms. The summed E-state index contributed by atoms with van der Waals surface area (Å²) in [5.74, 6) is -0.973. The molecule has 20 heavy (non-hydrogen) atoms. The minimum Gasteiger partial charge on any atom is -0.477 e. The number of carbonyl (C=O) groups is 1. The number of benzene rings is 2. The van der Waals surface area contributed by atoms with Crippen molar-refractivity contribution in [3.63, 3.8) is 0 Å². The Morgan fingerprint density at radius 3 is 2.50 bits per heavy atom. The van der Waals surface area contributed by atoms with Crippen molar-refractivity contribution in [3.8, 4) is 11.3 Å². The molecule has 0 aliphatic rings. The van der Waals surface area contributed by atoms with Crippen molar-refractivity contribution in [1.82, 2.24) is 4.98 Å². The second-order valence-electron chi connectivity index (χ2n) is 4.69. The Bertz CT molecular complexity index is 806. The van der Waals surface area contributed by atoms with Crippen molar-refractivity contribution in [2.45, 2.75) is 6.92 Å². The molecule has 0 aliphatic heterocycles. The number of H-pyrrole nitrogens is 1. The standard InChI is InChI=1S/C16H12ClNO2/c1-9-7-11-12(8-13(9)17)14(18-15(11)16(19)20)10-5-3-2-4-6-10/h2-8,18H,1H3,(H,19,20). The summed E-state index contributed by atoms with van der Waals surface area (Å²) in [7, 11) is 0. The summed E-state index contributed by atoms with van der Waals surface area (Å²) in [6, 6.07) is 13.2. The third kappa shape index (κ3) is 1.96. The SMILES string of the molecule is Cc1cc2c(C(=O)O)[nH]c(-c3ccccc3)c2cc1Cl. The lowest BCUT2D eigenvalue weighted by molar-refractivity contribution is 0.0693. The Morgan fingerprint density at radius 1 is 1.15 bits per heavy atom. The van der Waals surface area contributed by atoms with Gasteiger partial charge < -0.3 is 10.1 Å². The average Bonchev–Trinajstić information content (AvgIpc) is 2.79. The normalized spacial score (nSPS) is 10.9. The van der Waals surface area contributed by atoms with Crippen LogP contribution < -0.4 is 0 Å². The minimum atomic E-state index is -0.973. The molecule has 0 radical (unpaired) electrons. The molecule has 0 aliphatic carbocycles. The number of carboxylic acids is 1. The van der Waals surface area contributed by atoms with E-state index in [-0.39, 0.29) is 5.69 Å². The van der Waals surface area contributed by atoms with Gasteiger partial charge >= 0.3 is 5.97 Å². The van der Waals surface area contributed by atoms with Crippen LogP contribution >= 0.6 is 11.6 Å². The maximum atomic E-state index is 11.4. The first-order valence-corrected chi connectivity index (χ1v) is 6.56. The van der Waals surface area contributed by atoms with Gasteiger partial charge in [0.1, 0.15) is 5.69 Å². The Hall–Kier alpha value is -2.26. The maximum Gasteiger partial charge on any atom is 0.352 e. The largest absolute Gasteiger partial charge is 0.477 e. The Kier molecular flexibility index (Phi) is 2.99. The van der Waals surface area contributed by atoms with Crippen LogP contribution in [0, 0.1) is 6.92 Å². The van der Waals surface area contributed by atoms with Crippen molar-refractivity contribution in [3.05, 3.63) is 58.7 Å². The molecule has 1 aromatic heterocycles. The van der Waals surface area contributed by atoms with E-state index in [9.17, 15) is 9.90 Å². The van der Waals surface area contributed by atoms with Gasteiger partial charge in [-0.3, -0.25) is 0 Å². The predicted octanol–water partition coefficient (Wildman–Crippen LogP) is 4.49. The number of hydrogen-bond donors (Lipinski definition) is 2. The summed E-state index contributed by atoms with van der Waals surface area (Å²) in [5, 5.41) is 11.5. The Balaban J connectivity index is 2.39. The zero-order valence-electron chi connectivity index (χ0n) is 10.8. The van der Waals surface area contributed by atoms with E-state index in [0.717, 1.165) is 22.2 Å². The van der Waals surface area contributed by atoms with E-state index in [1.807, 2.05) is 49.4 Å². The van der Waals surface area contributed by atoms with Crippen molar-refractivity contribution in [2.75, 3.05) is 0 Å². The Labute approximate surface area is 120 Å². The minimum absolute atomic E-state index is 0.193. The number of halogens is 1. The summed E-state index contributed by atoms with van der Waals surface area (Å²) in [4.78, 5) is 14.4. The molecule has 3 aromatic rings. The topological polar surface area (TPSA) is 53.1 Å². The molecule has 4 heteroatoms. The summed E-state index contributed by atoms with van der Waals surface area (Å²) in [5.41, 5.74) is 2.77. The van der Waals surface area contributed by atoms with Crippen LogP contribution in [0.3, 0.4) is 0 Å². The molecule has 0 atom stereocenters. The second-order valence-corrected chi connectivity index (χ2v) is 5.10. The average molecular weight is 286 g/mol. The van der Waals surface area contributed by atoms with Gasteiger partial charge in [-0.15, -0.1) is 0 Å². The molecule has 0 unspecified atom stereocenters. The zero-order chi connectivity index (χ0) is 14.3. The van der Waals surface area contributed by atoms with Crippen LogP contribution in [0.25, 0.3) is 22.0 Å². The number of nitrogens with one attached hydrogen (secondary N) is 1. The Morgan fingerprint density at radius 2 is 1.85 bits per heavy atom. The molecule has 2 N–H and O–H groups in total. The monoisotopic (exact) mass is 285 g/mol. The van der Waals surface area contributed by atoms with E-state index in [1.54, 1.807) is 0 Å². The van der Waals surface area contributed by atoms with Crippen LogP contribution in [0.2, 0.25) is 5.02 Å². The molecule has 3 rings (SSSR count). The number of aromatic carboxylic acids is 1. The van der Waals surface area contributed by atoms with Gasteiger partial charge in [-0.05, 0) is 30.2 Å². The molecule has 2 aromatic carbocycles. The predicted molar refractivity (Wildman–Crippen MR) is 80.4 cm³/mol. The number of aryl methyl sites for hydroxylation is 1. The lowest BCUT2D eigenvalue weighted by Gasteiger charge is -2.01. The third-order valence-corrected chi connectivity index (χ3v) is 3.77. The molecule has 0 amide bonds. The molecule has 0 bridgehead atoms. The van der Waals surface area contributed by atoms with E-state index in [2.05, 4.69) is 4.98 Å². The fourth-order valence-electron chi connectivity index (χ4n) is 2.36. The molecule has 3 nitrogen and oxygen atoms in total. The van der Waals surface area contributed by atoms with Gasteiger partial charge in [-0.2, -0.15) is 0 Å². The van der Waals surface area contributed by atoms with Gasteiger partial charge in [-0.25, -0.2) is 4.79 Å². The molecule has 0 saturated heterocycles. The van der Waals surface area contributed by atoms with Gasteiger partial charge in [0.25, 0.3) is 0 Å². The lowest BCUT2D eigenvalue weighted by Crippen LogP contribution is -1.96. The lowest BCUT2D eigenvalue weighted by atomic mass is 10.0. The number of rotatable bonds is 2.